The number of alkyl halides is 5. The van der Waals surface area contributed by atoms with Gasteiger partial charge in [0.15, 0.2) is 0 Å². The van der Waals surface area contributed by atoms with Crippen molar-refractivity contribution >= 4 is 0 Å². The Labute approximate surface area is 67.8 Å². The molecular weight excluding hydrogens is 179 g/mol. The smallest absolute Gasteiger partial charge is 0.251 e. The Balaban J connectivity index is 4.17. The lowest BCUT2D eigenvalue weighted by Gasteiger charge is -2.24. The molecule has 0 aromatic carbocycles. The van der Waals surface area contributed by atoms with E-state index in [1.807, 2.05) is 0 Å². The number of hydrogen-bond acceptors (Lipinski definition) is 0. The molecule has 0 aromatic heterocycles. The minimum atomic E-state index is -4.14. The first-order valence-corrected chi connectivity index (χ1v) is 3.48. The Morgan fingerprint density at radius 3 is 1.83 bits per heavy atom. The van der Waals surface area contributed by atoms with E-state index in [-0.39, 0.29) is 0 Å². The third-order valence-corrected chi connectivity index (χ3v) is 1.47. The summed E-state index contributed by atoms with van der Waals surface area (Å²) in [6.45, 7) is 1.70. The predicted molar refractivity (Wildman–Crippen MR) is 35.1 cm³/mol. The third kappa shape index (κ3) is 2.60. The highest BCUT2D eigenvalue weighted by atomic mass is 19.3. The lowest BCUT2D eigenvalue weighted by atomic mass is 10.0. The van der Waals surface area contributed by atoms with E-state index in [9.17, 15) is 22.0 Å². The molecule has 0 atom stereocenters. The fourth-order valence-corrected chi connectivity index (χ4v) is 0.655. The van der Waals surface area contributed by atoms with Gasteiger partial charge in [-0.15, -0.1) is 0 Å². The van der Waals surface area contributed by atoms with Crippen LogP contribution in [-0.2, 0) is 0 Å². The van der Waals surface area contributed by atoms with E-state index in [0.717, 1.165) is 0 Å². The molecule has 0 aliphatic rings. The second kappa shape index (κ2) is 4.05. The first-order valence-electron chi connectivity index (χ1n) is 3.48. The summed E-state index contributed by atoms with van der Waals surface area (Å²) < 4.78 is 60.9. The Morgan fingerprint density at radius 2 is 1.50 bits per heavy atom. The van der Waals surface area contributed by atoms with Crippen LogP contribution in [0.3, 0.4) is 0 Å². The molecule has 0 aliphatic carbocycles. The Bertz CT molecular complexity index is 132. The van der Waals surface area contributed by atoms with Gasteiger partial charge in [0.05, 0.1) is 6.67 Å². The van der Waals surface area contributed by atoms with Gasteiger partial charge in [-0.2, -0.15) is 17.6 Å². The standard InChI is InChI=1S/C7H10F5/c1-2-6(9,10)7(11,12)4-3-5-8/h1-5H2. The van der Waals surface area contributed by atoms with Crippen molar-refractivity contribution in [1.82, 2.24) is 0 Å². The lowest BCUT2D eigenvalue weighted by molar-refractivity contribution is -0.210. The molecule has 0 spiro atoms. The molecule has 0 saturated carbocycles. The summed E-state index contributed by atoms with van der Waals surface area (Å²) in [6, 6.07) is 0. The number of rotatable bonds is 5. The van der Waals surface area contributed by atoms with Gasteiger partial charge in [-0.05, 0) is 13.3 Å². The average molecular weight is 189 g/mol. The Hall–Kier alpha value is -0.350. The van der Waals surface area contributed by atoms with Crippen LogP contribution in [0.4, 0.5) is 22.0 Å². The van der Waals surface area contributed by atoms with Gasteiger partial charge in [0.1, 0.15) is 0 Å². The first kappa shape index (κ1) is 11.6. The second-order valence-electron chi connectivity index (χ2n) is 2.45. The molecule has 0 N–H and O–H groups in total. The van der Waals surface area contributed by atoms with Gasteiger partial charge >= 0.3 is 11.8 Å². The van der Waals surface area contributed by atoms with Crippen LogP contribution in [-0.4, -0.2) is 18.5 Å². The zero-order valence-corrected chi connectivity index (χ0v) is 6.43. The van der Waals surface area contributed by atoms with E-state index >= 15 is 0 Å². The van der Waals surface area contributed by atoms with Gasteiger partial charge in [0, 0.05) is 12.8 Å². The molecule has 0 amide bonds. The molecule has 0 heterocycles. The maximum atomic E-state index is 12.4. The molecule has 0 saturated heterocycles. The van der Waals surface area contributed by atoms with Gasteiger partial charge in [-0.3, -0.25) is 4.39 Å². The second-order valence-corrected chi connectivity index (χ2v) is 2.45. The summed E-state index contributed by atoms with van der Waals surface area (Å²) in [5.74, 6) is -8.26. The molecule has 0 aliphatic heterocycles. The highest BCUT2D eigenvalue weighted by Gasteiger charge is 2.53. The summed E-state index contributed by atoms with van der Waals surface area (Å²) in [7, 11) is 0. The maximum absolute atomic E-state index is 12.4. The zero-order valence-electron chi connectivity index (χ0n) is 6.43. The summed E-state index contributed by atoms with van der Waals surface area (Å²) in [5.41, 5.74) is 0. The van der Waals surface area contributed by atoms with Crippen LogP contribution < -0.4 is 0 Å². The summed E-state index contributed by atoms with van der Waals surface area (Å²) in [6.07, 6.45) is -2.86. The molecule has 1 radical (unpaired) electrons. The third-order valence-electron chi connectivity index (χ3n) is 1.47. The van der Waals surface area contributed by atoms with E-state index in [1.54, 1.807) is 0 Å². The van der Waals surface area contributed by atoms with Gasteiger partial charge < -0.3 is 0 Å². The van der Waals surface area contributed by atoms with Crippen LogP contribution in [0.15, 0.2) is 0 Å². The van der Waals surface area contributed by atoms with Crippen molar-refractivity contribution in [3.8, 4) is 0 Å². The minimum absolute atomic E-state index is 0.553. The van der Waals surface area contributed by atoms with Crippen molar-refractivity contribution in [3.63, 3.8) is 0 Å². The molecule has 0 aromatic rings. The van der Waals surface area contributed by atoms with Crippen molar-refractivity contribution in [2.45, 2.75) is 31.1 Å². The summed E-state index contributed by atoms with van der Waals surface area (Å²) in [4.78, 5) is 0. The van der Waals surface area contributed by atoms with E-state index in [2.05, 4.69) is 6.92 Å². The normalized spacial score (nSPS) is 13.5. The van der Waals surface area contributed by atoms with Crippen LogP contribution in [0.5, 0.6) is 0 Å². The SMILES string of the molecule is [CH2]CC(F)(F)C(F)(F)CCCF. The Kier molecular flexibility index (Phi) is 3.93. The predicted octanol–water partition coefficient (Wildman–Crippen LogP) is 3.23. The fourth-order valence-electron chi connectivity index (χ4n) is 0.655. The van der Waals surface area contributed by atoms with Crippen molar-refractivity contribution in [1.29, 1.82) is 0 Å². The van der Waals surface area contributed by atoms with Crippen molar-refractivity contribution in [2.75, 3.05) is 6.67 Å². The Morgan fingerprint density at radius 1 is 1.00 bits per heavy atom. The topological polar surface area (TPSA) is 0 Å². The van der Waals surface area contributed by atoms with Crippen molar-refractivity contribution < 1.29 is 22.0 Å². The van der Waals surface area contributed by atoms with E-state index in [0.29, 0.717) is 0 Å². The van der Waals surface area contributed by atoms with Gasteiger partial charge in [-0.25, -0.2) is 0 Å². The van der Waals surface area contributed by atoms with Crippen LogP contribution in [0, 0.1) is 6.92 Å². The quantitative estimate of drug-likeness (QED) is 0.582. The largest absolute Gasteiger partial charge is 0.310 e. The highest BCUT2D eigenvalue weighted by Crippen LogP contribution is 2.39. The maximum Gasteiger partial charge on any atom is 0.310 e. The summed E-state index contributed by atoms with van der Waals surface area (Å²) in [5, 5.41) is 0. The zero-order chi connectivity index (χ0) is 9.83. The molecule has 5 heteroatoms. The summed E-state index contributed by atoms with van der Waals surface area (Å²) >= 11 is 0. The van der Waals surface area contributed by atoms with E-state index in [1.165, 1.54) is 0 Å². The van der Waals surface area contributed by atoms with Crippen molar-refractivity contribution in [2.24, 2.45) is 0 Å². The van der Waals surface area contributed by atoms with E-state index < -0.39 is 37.8 Å². The molecule has 73 valence electrons. The molecule has 0 bridgehead atoms. The average Bonchev–Trinajstić information content (AvgIpc) is 2.00. The van der Waals surface area contributed by atoms with Crippen LogP contribution in [0.2, 0.25) is 0 Å². The minimum Gasteiger partial charge on any atom is -0.251 e. The van der Waals surface area contributed by atoms with Gasteiger partial charge in [-0.1, -0.05) is 0 Å². The van der Waals surface area contributed by atoms with Crippen LogP contribution in [0.25, 0.3) is 0 Å². The van der Waals surface area contributed by atoms with E-state index in [4.69, 9.17) is 0 Å². The molecule has 0 fully saturated rings. The van der Waals surface area contributed by atoms with Crippen LogP contribution >= 0.6 is 0 Å². The first-order chi connectivity index (χ1) is 5.37. The lowest BCUT2D eigenvalue weighted by Crippen LogP contribution is -2.39. The number of halogens is 5. The fraction of sp³-hybridized carbons (Fsp3) is 0.857. The monoisotopic (exact) mass is 189 g/mol. The molecule has 0 unspecified atom stereocenters. The van der Waals surface area contributed by atoms with Gasteiger partial charge in [0.2, 0.25) is 0 Å². The molecule has 0 nitrogen and oxygen atoms in total. The van der Waals surface area contributed by atoms with Gasteiger partial charge in [0.25, 0.3) is 0 Å². The van der Waals surface area contributed by atoms with Crippen molar-refractivity contribution in [3.05, 3.63) is 6.92 Å². The molecule has 12 heavy (non-hydrogen) atoms. The highest BCUT2D eigenvalue weighted by molar-refractivity contribution is 4.85. The molecular formula is C7H10F5. The number of hydrogen-bond donors (Lipinski definition) is 0. The molecule has 0 rings (SSSR count). The van der Waals surface area contributed by atoms with Crippen LogP contribution in [0.1, 0.15) is 19.3 Å².